The summed E-state index contributed by atoms with van der Waals surface area (Å²) in [5, 5.41) is 5.15. The predicted molar refractivity (Wildman–Crippen MR) is 134 cm³/mol. The molecule has 0 spiro atoms. The summed E-state index contributed by atoms with van der Waals surface area (Å²) in [4.78, 5) is 26.8. The van der Waals surface area contributed by atoms with Crippen molar-refractivity contribution in [1.82, 2.24) is 19.2 Å². The molecule has 1 fully saturated rings. The van der Waals surface area contributed by atoms with Gasteiger partial charge in [-0.05, 0) is 50.8 Å². The number of nitrogens with one attached hydrogen (secondary N) is 2. The summed E-state index contributed by atoms with van der Waals surface area (Å²) in [6.45, 7) is 5.37. The van der Waals surface area contributed by atoms with Crippen LogP contribution in [0.3, 0.4) is 0 Å². The molecule has 33 heavy (non-hydrogen) atoms. The molecule has 3 aromatic heterocycles. The van der Waals surface area contributed by atoms with Crippen molar-refractivity contribution in [2.24, 2.45) is 5.92 Å². The maximum Gasteiger partial charge on any atom is 0.226 e. The summed E-state index contributed by atoms with van der Waals surface area (Å²) >= 11 is 9.77. The molecule has 6 rings (SSSR count). The number of fused-ring (bicyclic) bond motifs is 4. The van der Waals surface area contributed by atoms with Crippen LogP contribution in [0.25, 0.3) is 20.4 Å². The number of ether oxygens (including phenoxy) is 1. The topological polar surface area (TPSA) is 83.1 Å². The van der Waals surface area contributed by atoms with Gasteiger partial charge in [0.1, 0.15) is 17.0 Å². The summed E-state index contributed by atoms with van der Waals surface area (Å²) in [7, 11) is 0. The number of thiophene rings is 1. The van der Waals surface area contributed by atoms with E-state index in [1.807, 2.05) is 17.0 Å². The van der Waals surface area contributed by atoms with E-state index < -0.39 is 0 Å². The molecule has 1 aliphatic carbocycles. The number of amides is 1. The van der Waals surface area contributed by atoms with Gasteiger partial charge in [-0.2, -0.15) is 0 Å². The van der Waals surface area contributed by atoms with Gasteiger partial charge in [-0.3, -0.25) is 4.79 Å². The number of carbonyl (C=O) groups is 1. The second-order valence-electron chi connectivity index (χ2n) is 8.98. The second-order valence-corrected chi connectivity index (χ2v) is 11.3. The lowest BCUT2D eigenvalue weighted by Gasteiger charge is -2.41. The molecule has 2 N–H and O–H groups in total. The van der Waals surface area contributed by atoms with Gasteiger partial charge < -0.3 is 19.3 Å². The second kappa shape index (κ2) is 8.23. The first kappa shape index (κ1) is 21.3. The van der Waals surface area contributed by atoms with Crippen LogP contribution in [-0.4, -0.2) is 50.4 Å². The van der Waals surface area contributed by atoms with Crippen molar-refractivity contribution >= 4 is 72.3 Å². The van der Waals surface area contributed by atoms with Gasteiger partial charge in [-0.15, -0.1) is 11.3 Å². The van der Waals surface area contributed by atoms with Gasteiger partial charge in [-0.25, -0.2) is 9.97 Å². The Morgan fingerprint density at radius 3 is 2.85 bits per heavy atom. The molecule has 0 unspecified atom stereocenters. The summed E-state index contributed by atoms with van der Waals surface area (Å²) in [6, 6.07) is 4.22. The average molecular weight is 502 g/mol. The molecular formula is C23H24ClN5O2S2. The van der Waals surface area contributed by atoms with Gasteiger partial charge in [0.25, 0.3) is 0 Å². The first-order valence-electron chi connectivity index (χ1n) is 11.2. The lowest BCUT2D eigenvalue weighted by atomic mass is 9.86. The number of hydrogen-bond acceptors (Lipinski definition) is 7. The van der Waals surface area contributed by atoms with Crippen LogP contribution in [0.2, 0.25) is 5.02 Å². The van der Waals surface area contributed by atoms with Gasteiger partial charge in [0.05, 0.1) is 51.6 Å². The van der Waals surface area contributed by atoms with Crippen molar-refractivity contribution in [1.29, 1.82) is 0 Å². The van der Waals surface area contributed by atoms with Crippen LogP contribution < -0.4 is 5.32 Å². The molecule has 4 aromatic rings. The highest BCUT2D eigenvalue weighted by atomic mass is 35.5. The Balaban J connectivity index is 1.30. The largest absolute Gasteiger partial charge is 0.377 e. The van der Waals surface area contributed by atoms with E-state index in [9.17, 15) is 4.79 Å². The number of rotatable bonds is 3. The minimum Gasteiger partial charge on any atom is -0.377 e. The highest BCUT2D eigenvalue weighted by Crippen LogP contribution is 2.42. The third-order valence-corrected chi connectivity index (χ3v) is 9.06. The number of carbonyl (C=O) groups excluding carboxylic acids is 1. The van der Waals surface area contributed by atoms with E-state index in [0.717, 1.165) is 51.2 Å². The molecule has 10 heteroatoms. The lowest BCUT2D eigenvalue weighted by Crippen LogP contribution is -2.54. The first-order chi connectivity index (χ1) is 16.0. The molecular weight excluding hydrogens is 478 g/mol. The normalized spacial score (nSPS) is 23.2. The zero-order chi connectivity index (χ0) is 22.7. The smallest absolute Gasteiger partial charge is 0.226 e. The number of hydrogen-bond donors (Lipinski definition) is 2. The Kier molecular flexibility index (Phi) is 5.32. The predicted octanol–water partition coefficient (Wildman–Crippen LogP) is 5.37. The minimum atomic E-state index is 0.00450. The highest BCUT2D eigenvalue weighted by molar-refractivity contribution is 7.19. The fraction of sp³-hybridized carbons (Fsp3) is 0.435. The Labute approximate surface area is 204 Å². The number of nitrogens with zero attached hydrogens (tertiary/aromatic N) is 3. The number of benzene rings is 1. The molecule has 2 aliphatic rings. The van der Waals surface area contributed by atoms with Gasteiger partial charge >= 0.3 is 0 Å². The van der Waals surface area contributed by atoms with Crippen molar-refractivity contribution in [2.75, 3.05) is 18.5 Å². The van der Waals surface area contributed by atoms with Crippen molar-refractivity contribution in [3.8, 4) is 0 Å². The Hall–Kier alpha value is -2.20. The summed E-state index contributed by atoms with van der Waals surface area (Å²) in [5.74, 6) is 1.03. The third kappa shape index (κ3) is 3.62. The van der Waals surface area contributed by atoms with E-state index in [1.165, 1.54) is 10.4 Å². The van der Waals surface area contributed by atoms with Crippen LogP contribution in [0.5, 0.6) is 0 Å². The number of morpholine rings is 1. The molecule has 0 bridgehead atoms. The monoisotopic (exact) mass is 501 g/mol. The fourth-order valence-electron chi connectivity index (χ4n) is 5.07. The quantitative estimate of drug-likeness (QED) is 0.394. The van der Waals surface area contributed by atoms with Gasteiger partial charge in [0, 0.05) is 10.8 Å². The Morgan fingerprint density at radius 2 is 2.09 bits per heavy atom. The first-order valence-corrected chi connectivity index (χ1v) is 13.2. The van der Waals surface area contributed by atoms with Crippen LogP contribution in [0, 0.1) is 5.92 Å². The van der Waals surface area contributed by atoms with E-state index in [0.29, 0.717) is 18.2 Å². The number of aromatic nitrogens is 3. The number of aryl methyl sites for hydroxylation is 1. The third-order valence-electron chi connectivity index (χ3n) is 6.71. The molecule has 172 valence electrons. The molecule has 1 amide bonds. The molecule has 1 saturated heterocycles. The summed E-state index contributed by atoms with van der Waals surface area (Å²) < 4.78 is 9.95. The minimum absolute atomic E-state index is 0.00450. The van der Waals surface area contributed by atoms with E-state index in [-0.39, 0.29) is 23.9 Å². The standard InChI is InChI=1S/C23H24ClN5O2S2/c1-11-8-31-9-12(2)29(11)23(30)13-3-4-14-18(5-13)32-22-20(14)21(25-10-26-22)27-16-7-19-17(28-33-19)6-15(16)24/h6-7,10-13,28H,3-5,8-9H2,1-2H3,(H,25,26,27)/t11-,12+,13-/m0/s1. The summed E-state index contributed by atoms with van der Waals surface area (Å²) in [6.07, 6.45) is 4.04. The average Bonchev–Trinajstić information content (AvgIpc) is 3.16. The molecule has 3 atom stereocenters. The lowest BCUT2D eigenvalue weighted by molar-refractivity contribution is -0.149. The maximum absolute atomic E-state index is 13.4. The van der Waals surface area contributed by atoms with Gasteiger partial charge in [0.15, 0.2) is 0 Å². The van der Waals surface area contributed by atoms with E-state index in [4.69, 9.17) is 16.3 Å². The highest BCUT2D eigenvalue weighted by Gasteiger charge is 2.36. The van der Waals surface area contributed by atoms with Crippen molar-refractivity contribution in [3.63, 3.8) is 0 Å². The summed E-state index contributed by atoms with van der Waals surface area (Å²) in [5.41, 5.74) is 3.15. The van der Waals surface area contributed by atoms with Crippen LogP contribution >= 0.6 is 34.5 Å². The molecule has 7 nitrogen and oxygen atoms in total. The fourth-order valence-corrected chi connectivity index (χ4v) is 7.18. The van der Waals surface area contributed by atoms with Gasteiger partial charge in [0.2, 0.25) is 5.91 Å². The van der Waals surface area contributed by atoms with Crippen LogP contribution in [-0.2, 0) is 22.4 Å². The molecule has 0 radical (unpaired) electrons. The molecule has 0 saturated carbocycles. The van der Waals surface area contributed by atoms with Crippen LogP contribution in [0.15, 0.2) is 18.5 Å². The van der Waals surface area contributed by atoms with E-state index in [2.05, 4.69) is 33.5 Å². The van der Waals surface area contributed by atoms with Crippen LogP contribution in [0.4, 0.5) is 11.5 Å². The van der Waals surface area contributed by atoms with Gasteiger partial charge in [-0.1, -0.05) is 23.1 Å². The van der Waals surface area contributed by atoms with E-state index in [1.54, 1.807) is 29.2 Å². The zero-order valence-electron chi connectivity index (χ0n) is 18.4. The number of anilines is 2. The SMILES string of the molecule is C[C@@H]1COC[C@H](C)N1C(=O)[C@H]1CCc2c(sc3ncnc(Nc4cc5s[nH]c5cc4Cl)c23)C1. The van der Waals surface area contributed by atoms with Crippen molar-refractivity contribution < 1.29 is 9.53 Å². The number of H-pyrrole nitrogens is 1. The number of halogens is 1. The van der Waals surface area contributed by atoms with E-state index >= 15 is 0 Å². The number of aromatic amines is 1. The Bertz CT molecular complexity index is 1350. The Morgan fingerprint density at radius 1 is 1.27 bits per heavy atom. The molecule has 1 aromatic carbocycles. The molecule has 1 aliphatic heterocycles. The molecule has 4 heterocycles. The van der Waals surface area contributed by atoms with Crippen molar-refractivity contribution in [3.05, 3.63) is 33.9 Å². The zero-order valence-corrected chi connectivity index (χ0v) is 20.7. The maximum atomic E-state index is 13.4. The van der Waals surface area contributed by atoms with Crippen molar-refractivity contribution in [2.45, 2.75) is 45.2 Å². The van der Waals surface area contributed by atoms with Crippen LogP contribution in [0.1, 0.15) is 30.7 Å².